The van der Waals surface area contributed by atoms with Crippen molar-refractivity contribution in [3.63, 3.8) is 0 Å². The van der Waals surface area contributed by atoms with Crippen molar-refractivity contribution in [2.45, 2.75) is 91.2 Å². The van der Waals surface area contributed by atoms with E-state index in [-0.39, 0.29) is 15.8 Å². The molecule has 0 aliphatic heterocycles. The third-order valence-electron chi connectivity index (χ3n) is 5.45. The molecule has 27 heavy (non-hydrogen) atoms. The van der Waals surface area contributed by atoms with Crippen molar-refractivity contribution in [3.05, 3.63) is 18.2 Å². The number of phenolic OH excluding ortho intramolecular Hbond substituents is 1. The Bertz CT molecular complexity index is 537. The van der Waals surface area contributed by atoms with Gasteiger partial charge in [0, 0.05) is 24.8 Å². The van der Waals surface area contributed by atoms with E-state index in [1.807, 2.05) is 13.0 Å². The fourth-order valence-corrected chi connectivity index (χ4v) is 3.60. The zero-order valence-corrected chi connectivity index (χ0v) is 21.4. The van der Waals surface area contributed by atoms with Gasteiger partial charge in [-0.05, 0) is 42.7 Å². The summed E-state index contributed by atoms with van der Waals surface area (Å²) in [6.45, 7) is 24.3. The molecule has 0 aliphatic carbocycles. The molecule has 0 aromatic heterocycles. The van der Waals surface area contributed by atoms with E-state index in [2.05, 4.69) is 67.7 Å². The van der Waals surface area contributed by atoms with E-state index >= 15 is 0 Å². The Balaban J connectivity index is 0.00000153. The predicted octanol–water partition coefficient (Wildman–Crippen LogP) is 6.55. The third-order valence-corrected chi connectivity index (χ3v) is 14.2. The molecule has 1 aromatic carbocycles. The SMILES string of the molecule is CC(C)(C)[Si](C)(C)Oc1cc(O)cc(O[Si](C)(C)C(C)(C)C)c1.CCCO. The summed E-state index contributed by atoms with van der Waals surface area (Å²) in [5.41, 5.74) is 0. The van der Waals surface area contributed by atoms with Crippen LogP contribution in [0, 0.1) is 0 Å². The smallest absolute Gasteiger partial charge is 0.250 e. The number of rotatable bonds is 5. The second-order valence-corrected chi connectivity index (χ2v) is 19.6. The van der Waals surface area contributed by atoms with E-state index in [9.17, 15) is 5.11 Å². The number of hydrogen-bond donors (Lipinski definition) is 2. The Kier molecular flexibility index (Phi) is 9.13. The zero-order chi connectivity index (χ0) is 21.7. The van der Waals surface area contributed by atoms with Crippen molar-refractivity contribution in [2.75, 3.05) is 6.61 Å². The van der Waals surface area contributed by atoms with Gasteiger partial charge in [-0.3, -0.25) is 0 Å². The molecule has 0 radical (unpaired) electrons. The Morgan fingerprint density at radius 1 is 0.778 bits per heavy atom. The van der Waals surface area contributed by atoms with Crippen molar-refractivity contribution >= 4 is 16.6 Å². The monoisotopic (exact) mass is 414 g/mol. The van der Waals surface area contributed by atoms with Gasteiger partial charge in [0.15, 0.2) is 0 Å². The summed E-state index contributed by atoms with van der Waals surface area (Å²) in [5, 5.41) is 18.2. The summed E-state index contributed by atoms with van der Waals surface area (Å²) in [6, 6.07) is 5.28. The number of hydrogen-bond acceptors (Lipinski definition) is 4. The molecule has 0 spiro atoms. The molecule has 0 amide bonds. The van der Waals surface area contributed by atoms with Crippen LogP contribution in [0.5, 0.6) is 17.2 Å². The molecule has 4 nitrogen and oxygen atoms in total. The average molecular weight is 415 g/mol. The Labute approximate surface area is 169 Å². The molecule has 2 N–H and O–H groups in total. The van der Waals surface area contributed by atoms with Gasteiger partial charge in [-0.2, -0.15) is 0 Å². The quantitative estimate of drug-likeness (QED) is 0.536. The van der Waals surface area contributed by atoms with E-state index in [0.717, 1.165) is 6.42 Å². The largest absolute Gasteiger partial charge is 0.543 e. The molecule has 0 fully saturated rings. The fourth-order valence-electron chi connectivity index (χ4n) is 1.57. The predicted molar refractivity (Wildman–Crippen MR) is 121 cm³/mol. The van der Waals surface area contributed by atoms with Crippen LogP contribution in [-0.4, -0.2) is 33.5 Å². The minimum atomic E-state index is -1.94. The molecule has 158 valence electrons. The second-order valence-electron chi connectivity index (χ2n) is 10.1. The number of aliphatic hydroxyl groups is 1. The fraction of sp³-hybridized carbons (Fsp3) is 0.714. The Morgan fingerprint density at radius 3 is 1.30 bits per heavy atom. The van der Waals surface area contributed by atoms with Crippen molar-refractivity contribution in [3.8, 4) is 17.2 Å². The molecule has 0 heterocycles. The van der Waals surface area contributed by atoms with Crippen molar-refractivity contribution in [2.24, 2.45) is 0 Å². The Hall–Kier alpha value is -0.986. The molecular weight excluding hydrogens is 372 g/mol. The van der Waals surface area contributed by atoms with Crippen LogP contribution in [0.2, 0.25) is 36.3 Å². The summed E-state index contributed by atoms with van der Waals surface area (Å²) in [4.78, 5) is 0. The van der Waals surface area contributed by atoms with Gasteiger partial charge in [0.2, 0.25) is 16.6 Å². The molecular formula is C21H42O4Si2. The highest BCUT2D eigenvalue weighted by molar-refractivity contribution is 6.75. The van der Waals surface area contributed by atoms with E-state index in [1.165, 1.54) is 0 Å². The van der Waals surface area contributed by atoms with Gasteiger partial charge in [-0.15, -0.1) is 0 Å². The topological polar surface area (TPSA) is 58.9 Å². The highest BCUT2D eigenvalue weighted by Gasteiger charge is 2.40. The van der Waals surface area contributed by atoms with E-state index in [1.54, 1.807) is 12.1 Å². The van der Waals surface area contributed by atoms with Crippen molar-refractivity contribution in [1.82, 2.24) is 0 Å². The van der Waals surface area contributed by atoms with E-state index in [0.29, 0.717) is 18.1 Å². The first-order valence-electron chi connectivity index (χ1n) is 9.80. The maximum atomic E-state index is 10.1. The molecule has 0 atom stereocenters. The summed E-state index contributed by atoms with van der Waals surface area (Å²) in [6.07, 6.45) is 0.875. The zero-order valence-electron chi connectivity index (χ0n) is 19.4. The molecule has 0 bridgehead atoms. The second kappa shape index (κ2) is 9.48. The van der Waals surface area contributed by atoms with Gasteiger partial charge in [0.1, 0.15) is 17.2 Å². The summed E-state index contributed by atoms with van der Waals surface area (Å²) in [5.74, 6) is 1.59. The van der Waals surface area contributed by atoms with Crippen LogP contribution in [0.3, 0.4) is 0 Å². The van der Waals surface area contributed by atoms with Crippen LogP contribution in [0.25, 0.3) is 0 Å². The highest BCUT2D eigenvalue weighted by atomic mass is 28.4. The number of phenols is 1. The first-order valence-corrected chi connectivity index (χ1v) is 15.6. The molecule has 1 rings (SSSR count). The lowest BCUT2D eigenvalue weighted by Gasteiger charge is -2.38. The normalized spacial score (nSPS) is 12.9. The van der Waals surface area contributed by atoms with Crippen LogP contribution in [0.15, 0.2) is 18.2 Å². The van der Waals surface area contributed by atoms with Gasteiger partial charge in [-0.25, -0.2) is 0 Å². The molecule has 6 heteroatoms. The standard InChI is InChI=1S/C18H34O3Si2.C3H8O/c1-17(2,3)22(7,8)20-15-11-14(19)12-16(13-15)21-23(9,10)18(4,5)6;1-2-3-4/h11-13,19H,1-10H3;4H,2-3H2,1H3. The van der Waals surface area contributed by atoms with Crippen molar-refractivity contribution < 1.29 is 19.1 Å². The molecule has 1 aromatic rings. The van der Waals surface area contributed by atoms with Crippen LogP contribution in [0.1, 0.15) is 54.9 Å². The molecule has 0 saturated carbocycles. The summed E-state index contributed by atoms with van der Waals surface area (Å²) >= 11 is 0. The molecule has 0 saturated heterocycles. The first-order chi connectivity index (χ1) is 12.0. The van der Waals surface area contributed by atoms with Crippen LogP contribution in [-0.2, 0) is 0 Å². The minimum absolute atomic E-state index is 0.110. The minimum Gasteiger partial charge on any atom is -0.543 e. The Morgan fingerprint density at radius 2 is 1.07 bits per heavy atom. The lowest BCUT2D eigenvalue weighted by molar-refractivity contribution is 0.295. The summed E-state index contributed by atoms with van der Waals surface area (Å²) < 4.78 is 12.6. The molecule has 0 unspecified atom stereocenters. The van der Waals surface area contributed by atoms with Gasteiger partial charge in [-0.1, -0.05) is 48.5 Å². The summed E-state index contributed by atoms with van der Waals surface area (Å²) in [7, 11) is -3.88. The third kappa shape index (κ3) is 8.27. The van der Waals surface area contributed by atoms with Gasteiger partial charge in [0.25, 0.3) is 0 Å². The van der Waals surface area contributed by atoms with Gasteiger partial charge in [0.05, 0.1) is 0 Å². The maximum absolute atomic E-state index is 10.1. The van der Waals surface area contributed by atoms with Crippen LogP contribution >= 0.6 is 0 Å². The van der Waals surface area contributed by atoms with Crippen LogP contribution in [0.4, 0.5) is 0 Å². The van der Waals surface area contributed by atoms with E-state index in [4.69, 9.17) is 14.0 Å². The number of aliphatic hydroxyl groups excluding tert-OH is 1. The van der Waals surface area contributed by atoms with Crippen LogP contribution < -0.4 is 8.85 Å². The van der Waals surface area contributed by atoms with Gasteiger partial charge >= 0.3 is 0 Å². The maximum Gasteiger partial charge on any atom is 0.250 e. The first kappa shape index (κ1) is 26.0. The average Bonchev–Trinajstić information content (AvgIpc) is 2.43. The highest BCUT2D eigenvalue weighted by Crippen LogP contribution is 2.41. The number of aromatic hydroxyl groups is 1. The lowest BCUT2D eigenvalue weighted by Crippen LogP contribution is -2.44. The van der Waals surface area contributed by atoms with Crippen molar-refractivity contribution in [1.29, 1.82) is 0 Å². The number of benzene rings is 1. The van der Waals surface area contributed by atoms with E-state index < -0.39 is 16.6 Å². The lowest BCUT2D eigenvalue weighted by atomic mass is 10.2. The molecule has 0 aliphatic rings. The van der Waals surface area contributed by atoms with Gasteiger partial charge < -0.3 is 19.1 Å².